The molecule has 0 bridgehead atoms. The number of hydrogen-bond acceptors (Lipinski definition) is 9. The largest absolute Gasteiger partial charge is 0.466 e. The number of fused-ring (bicyclic) bond motifs is 1. The van der Waals surface area contributed by atoms with Gasteiger partial charge in [0.05, 0.1) is 28.8 Å². The first-order valence-electron chi connectivity index (χ1n) is 13.8. The van der Waals surface area contributed by atoms with E-state index in [-0.39, 0.29) is 22.5 Å². The van der Waals surface area contributed by atoms with Gasteiger partial charge in [-0.15, -0.1) is 0 Å². The Hall–Kier alpha value is -4.71. The fourth-order valence-corrected chi connectivity index (χ4v) is 5.75. The normalized spacial score (nSPS) is 11.5. The summed E-state index contributed by atoms with van der Waals surface area (Å²) in [6.45, 7) is 4.79. The lowest BCUT2D eigenvalue weighted by molar-refractivity contribution is -0.143. The molecule has 2 aromatic carbocycles. The lowest BCUT2D eigenvalue weighted by Crippen LogP contribution is -2.13. The van der Waals surface area contributed by atoms with Gasteiger partial charge in [0.25, 0.3) is 10.0 Å². The Kier molecular flexibility index (Phi) is 8.82. The van der Waals surface area contributed by atoms with Gasteiger partial charge in [-0.25, -0.2) is 12.4 Å². The van der Waals surface area contributed by atoms with Crippen molar-refractivity contribution in [2.45, 2.75) is 51.0 Å². The number of anilines is 4. The second-order valence-electron chi connectivity index (χ2n) is 9.79. The van der Waals surface area contributed by atoms with Crippen LogP contribution in [-0.4, -0.2) is 44.7 Å². The van der Waals surface area contributed by atoms with Crippen molar-refractivity contribution in [2.75, 3.05) is 17.2 Å². The van der Waals surface area contributed by atoms with Crippen molar-refractivity contribution >= 4 is 50.2 Å². The van der Waals surface area contributed by atoms with Crippen LogP contribution in [0.3, 0.4) is 0 Å². The van der Waals surface area contributed by atoms with E-state index >= 15 is 0 Å². The zero-order chi connectivity index (χ0) is 29.5. The number of para-hydroxylation sites is 1. The SMILES string of the molecule is CCOC(=O)CCCCCn1cc(Nc2nc(Nc3ccccc3)c3ccn(S(=O)(=O)c4ccc(C)cc4)c3n2)cn1. The summed E-state index contributed by atoms with van der Waals surface area (Å²) >= 11 is 0. The molecule has 0 unspecified atom stereocenters. The quantitative estimate of drug-likeness (QED) is 0.130. The molecule has 0 atom stereocenters. The van der Waals surface area contributed by atoms with Gasteiger partial charge in [0.1, 0.15) is 5.82 Å². The third kappa shape index (κ3) is 6.77. The molecule has 42 heavy (non-hydrogen) atoms. The highest BCUT2D eigenvalue weighted by molar-refractivity contribution is 7.90. The fourth-order valence-electron chi connectivity index (χ4n) is 4.45. The molecule has 0 radical (unpaired) electrons. The van der Waals surface area contributed by atoms with Crippen LogP contribution >= 0.6 is 0 Å². The summed E-state index contributed by atoms with van der Waals surface area (Å²) in [5.74, 6) is 0.508. The number of rotatable bonds is 13. The molecule has 218 valence electrons. The van der Waals surface area contributed by atoms with E-state index in [4.69, 9.17) is 4.74 Å². The Morgan fingerprint density at radius 2 is 1.71 bits per heavy atom. The monoisotopic (exact) mass is 587 g/mol. The number of aromatic nitrogens is 5. The Morgan fingerprint density at radius 3 is 2.48 bits per heavy atom. The van der Waals surface area contributed by atoms with E-state index in [0.29, 0.717) is 36.5 Å². The minimum atomic E-state index is -3.91. The molecule has 2 N–H and O–H groups in total. The van der Waals surface area contributed by atoms with Crippen molar-refractivity contribution in [3.8, 4) is 0 Å². The van der Waals surface area contributed by atoms with Crippen molar-refractivity contribution in [3.63, 3.8) is 0 Å². The molecule has 0 aliphatic carbocycles. The maximum atomic E-state index is 13.6. The van der Waals surface area contributed by atoms with Crippen molar-refractivity contribution in [1.82, 2.24) is 23.7 Å². The van der Waals surface area contributed by atoms with Crippen molar-refractivity contribution in [1.29, 1.82) is 0 Å². The lowest BCUT2D eigenvalue weighted by Gasteiger charge is -2.12. The number of unbranched alkanes of at least 4 members (excludes halogenated alkanes) is 2. The molecule has 0 spiro atoms. The van der Waals surface area contributed by atoms with Crippen molar-refractivity contribution < 1.29 is 17.9 Å². The molecule has 0 saturated carbocycles. The van der Waals surface area contributed by atoms with Crippen LogP contribution in [-0.2, 0) is 26.1 Å². The van der Waals surface area contributed by atoms with Gasteiger partial charge in [-0.05, 0) is 57.0 Å². The Morgan fingerprint density at radius 1 is 0.929 bits per heavy atom. The predicted octanol–water partition coefficient (Wildman–Crippen LogP) is 5.78. The van der Waals surface area contributed by atoms with Crippen LogP contribution in [0.25, 0.3) is 11.0 Å². The highest BCUT2D eigenvalue weighted by Gasteiger charge is 2.22. The molecule has 5 rings (SSSR count). The van der Waals surface area contributed by atoms with Gasteiger partial charge in [0, 0.05) is 31.0 Å². The van der Waals surface area contributed by atoms with Crippen LogP contribution in [0.1, 0.15) is 38.2 Å². The number of nitrogens with one attached hydrogen (secondary N) is 2. The molecule has 11 nitrogen and oxygen atoms in total. The summed E-state index contributed by atoms with van der Waals surface area (Å²) in [7, 11) is -3.91. The number of ether oxygens (including phenoxy) is 1. The Balaban J connectivity index is 1.39. The van der Waals surface area contributed by atoms with E-state index < -0.39 is 10.0 Å². The lowest BCUT2D eigenvalue weighted by atomic mass is 10.2. The molecular formula is C30H33N7O4S. The van der Waals surface area contributed by atoms with E-state index in [9.17, 15) is 13.2 Å². The summed E-state index contributed by atoms with van der Waals surface area (Å²) in [6, 6.07) is 17.9. The van der Waals surface area contributed by atoms with Gasteiger partial charge in [-0.1, -0.05) is 42.3 Å². The van der Waals surface area contributed by atoms with E-state index in [1.54, 1.807) is 48.1 Å². The van der Waals surface area contributed by atoms with Crippen LogP contribution in [0.15, 0.2) is 84.1 Å². The summed E-state index contributed by atoms with van der Waals surface area (Å²) in [5, 5.41) is 11.4. The minimum absolute atomic E-state index is 0.167. The molecule has 3 heterocycles. The third-order valence-corrected chi connectivity index (χ3v) is 8.27. The number of esters is 1. The molecule has 0 fully saturated rings. The number of carbonyl (C=O) groups is 1. The smallest absolute Gasteiger partial charge is 0.305 e. The topological polar surface area (TPSA) is 133 Å². The third-order valence-electron chi connectivity index (χ3n) is 6.59. The van der Waals surface area contributed by atoms with E-state index in [1.807, 2.05) is 43.5 Å². The van der Waals surface area contributed by atoms with Crippen LogP contribution in [0.4, 0.5) is 23.1 Å². The number of hydrogen-bond donors (Lipinski definition) is 2. The van der Waals surface area contributed by atoms with Gasteiger partial charge < -0.3 is 15.4 Å². The first-order valence-corrected chi connectivity index (χ1v) is 15.3. The molecule has 0 aliphatic heterocycles. The van der Waals surface area contributed by atoms with Gasteiger partial charge in [-0.3, -0.25) is 9.48 Å². The molecule has 0 aliphatic rings. The van der Waals surface area contributed by atoms with Gasteiger partial charge in [0.2, 0.25) is 5.95 Å². The predicted molar refractivity (Wildman–Crippen MR) is 162 cm³/mol. The second kappa shape index (κ2) is 12.9. The average molecular weight is 588 g/mol. The van der Waals surface area contributed by atoms with Crippen molar-refractivity contribution in [3.05, 3.63) is 84.8 Å². The Bertz CT molecular complexity index is 1760. The summed E-state index contributed by atoms with van der Waals surface area (Å²) in [4.78, 5) is 21.0. The first-order chi connectivity index (χ1) is 20.3. The summed E-state index contributed by atoms with van der Waals surface area (Å²) in [6.07, 6.45) is 7.92. The van der Waals surface area contributed by atoms with Crippen LogP contribution < -0.4 is 10.6 Å². The Labute approximate surface area is 244 Å². The maximum absolute atomic E-state index is 13.6. The summed E-state index contributed by atoms with van der Waals surface area (Å²) in [5.41, 5.74) is 2.66. The molecular weight excluding hydrogens is 554 g/mol. The average Bonchev–Trinajstić information content (AvgIpc) is 3.61. The van der Waals surface area contributed by atoms with Crippen LogP contribution in [0.5, 0.6) is 0 Å². The standard InChI is InChI=1S/C30H33N7O4S/c1-3-41-27(38)12-8-5-9-18-36-21-24(20-31-36)33-30-34-28(32-23-10-6-4-7-11-23)26-17-19-37(29(26)35-30)42(39,40)25-15-13-22(2)14-16-25/h4,6-7,10-11,13-17,19-21H,3,5,8-9,12,18H2,1-2H3,(H2,32,33,34,35). The minimum Gasteiger partial charge on any atom is -0.466 e. The van der Waals surface area contributed by atoms with E-state index in [0.717, 1.165) is 30.5 Å². The number of nitrogens with zero attached hydrogens (tertiary/aromatic N) is 5. The maximum Gasteiger partial charge on any atom is 0.305 e. The highest BCUT2D eigenvalue weighted by Crippen LogP contribution is 2.29. The van der Waals surface area contributed by atoms with Gasteiger partial charge >= 0.3 is 5.97 Å². The first kappa shape index (κ1) is 28.8. The molecule has 5 aromatic rings. The van der Waals surface area contributed by atoms with E-state index in [2.05, 4.69) is 25.7 Å². The highest BCUT2D eigenvalue weighted by atomic mass is 32.2. The fraction of sp³-hybridized carbons (Fsp3) is 0.267. The van der Waals surface area contributed by atoms with Gasteiger partial charge in [0.15, 0.2) is 5.65 Å². The van der Waals surface area contributed by atoms with Gasteiger partial charge in [-0.2, -0.15) is 15.1 Å². The van der Waals surface area contributed by atoms with Crippen LogP contribution in [0.2, 0.25) is 0 Å². The summed E-state index contributed by atoms with van der Waals surface area (Å²) < 4.78 is 35.2. The number of benzene rings is 2. The zero-order valence-electron chi connectivity index (χ0n) is 23.5. The number of aryl methyl sites for hydroxylation is 2. The molecule has 3 aromatic heterocycles. The zero-order valence-corrected chi connectivity index (χ0v) is 24.3. The van der Waals surface area contributed by atoms with Crippen LogP contribution in [0, 0.1) is 6.92 Å². The molecule has 0 amide bonds. The molecule has 12 heteroatoms. The van der Waals surface area contributed by atoms with Crippen molar-refractivity contribution in [2.24, 2.45) is 0 Å². The number of carbonyl (C=O) groups excluding carboxylic acids is 1. The second-order valence-corrected chi connectivity index (χ2v) is 11.6. The van der Waals surface area contributed by atoms with E-state index in [1.165, 1.54) is 10.2 Å². The molecule has 0 saturated heterocycles.